The highest BCUT2D eigenvalue weighted by atomic mass is 16.6. The quantitative estimate of drug-likeness (QED) is 0.532. The summed E-state index contributed by atoms with van der Waals surface area (Å²) in [7, 11) is 0. The van der Waals surface area contributed by atoms with E-state index in [0.717, 1.165) is 17.2 Å². The maximum Gasteiger partial charge on any atom is 0.270 e. The molecule has 144 valence electrons. The lowest BCUT2D eigenvalue weighted by molar-refractivity contribution is -0.384. The SMILES string of the molecule is Cc1ccc(Cn2cccc(C(=O)Nc3ccc([N+](=O)[O-])cc3C#N)c2=O)cc1. The number of nitriles is 1. The molecule has 1 heterocycles. The van der Waals surface area contributed by atoms with E-state index in [1.807, 2.05) is 37.3 Å². The van der Waals surface area contributed by atoms with Crippen molar-refractivity contribution < 1.29 is 9.72 Å². The highest BCUT2D eigenvalue weighted by Gasteiger charge is 2.16. The molecule has 0 spiro atoms. The first-order chi connectivity index (χ1) is 13.9. The van der Waals surface area contributed by atoms with Crippen LogP contribution in [0.2, 0.25) is 0 Å². The number of nitrogens with zero attached hydrogens (tertiary/aromatic N) is 3. The van der Waals surface area contributed by atoms with E-state index >= 15 is 0 Å². The Morgan fingerprint density at radius 2 is 1.93 bits per heavy atom. The van der Waals surface area contributed by atoms with Gasteiger partial charge in [-0.25, -0.2) is 0 Å². The van der Waals surface area contributed by atoms with Gasteiger partial charge in [-0.1, -0.05) is 29.8 Å². The number of carbonyl (C=O) groups excluding carboxylic acids is 1. The molecule has 0 unspecified atom stereocenters. The van der Waals surface area contributed by atoms with Crippen LogP contribution in [-0.2, 0) is 6.54 Å². The van der Waals surface area contributed by atoms with Crippen molar-refractivity contribution in [2.45, 2.75) is 13.5 Å². The summed E-state index contributed by atoms with van der Waals surface area (Å²) < 4.78 is 1.42. The van der Waals surface area contributed by atoms with Crippen LogP contribution in [0, 0.1) is 28.4 Å². The van der Waals surface area contributed by atoms with Crippen molar-refractivity contribution >= 4 is 17.3 Å². The van der Waals surface area contributed by atoms with Crippen molar-refractivity contribution in [3.05, 3.63) is 104 Å². The summed E-state index contributed by atoms with van der Waals surface area (Å²) in [5.74, 6) is -0.696. The van der Waals surface area contributed by atoms with E-state index < -0.39 is 16.4 Å². The molecule has 0 aliphatic carbocycles. The number of hydrogen-bond donors (Lipinski definition) is 1. The molecule has 0 atom stereocenters. The number of carbonyl (C=O) groups is 1. The third-order valence-corrected chi connectivity index (χ3v) is 4.32. The predicted molar refractivity (Wildman–Crippen MR) is 107 cm³/mol. The number of hydrogen-bond acceptors (Lipinski definition) is 5. The Kier molecular flexibility index (Phi) is 5.51. The molecular formula is C21H16N4O4. The summed E-state index contributed by atoms with van der Waals surface area (Å²) in [6.07, 6.45) is 1.59. The summed E-state index contributed by atoms with van der Waals surface area (Å²) >= 11 is 0. The summed E-state index contributed by atoms with van der Waals surface area (Å²) in [5.41, 5.74) is 1.20. The zero-order valence-corrected chi connectivity index (χ0v) is 15.5. The van der Waals surface area contributed by atoms with Crippen molar-refractivity contribution in [1.29, 1.82) is 5.26 Å². The van der Waals surface area contributed by atoms with Crippen LogP contribution in [0.3, 0.4) is 0 Å². The molecule has 0 fully saturated rings. The van der Waals surface area contributed by atoms with Gasteiger partial charge in [-0.2, -0.15) is 5.26 Å². The average Bonchev–Trinajstić information content (AvgIpc) is 2.71. The summed E-state index contributed by atoms with van der Waals surface area (Å²) in [4.78, 5) is 35.5. The first-order valence-electron chi connectivity index (χ1n) is 8.64. The standard InChI is InChI=1S/C21H16N4O4/c1-14-4-6-15(7-5-14)13-24-10-2-3-18(21(24)27)20(26)23-19-9-8-17(25(28)29)11-16(19)12-22/h2-11H,13H2,1H3,(H,23,26). The van der Waals surface area contributed by atoms with E-state index in [9.17, 15) is 25.0 Å². The second kappa shape index (κ2) is 8.19. The number of nitro benzene ring substituents is 1. The maximum atomic E-state index is 12.7. The number of aromatic nitrogens is 1. The molecule has 1 amide bonds. The number of non-ortho nitro benzene ring substituents is 1. The number of nitro groups is 1. The van der Waals surface area contributed by atoms with Crippen LogP contribution in [0.5, 0.6) is 0 Å². The third-order valence-electron chi connectivity index (χ3n) is 4.32. The Balaban J connectivity index is 1.87. The van der Waals surface area contributed by atoms with Crippen LogP contribution in [0.1, 0.15) is 27.0 Å². The van der Waals surface area contributed by atoms with Crippen molar-refractivity contribution in [3.8, 4) is 6.07 Å². The molecular weight excluding hydrogens is 372 g/mol. The van der Waals surface area contributed by atoms with Gasteiger partial charge < -0.3 is 9.88 Å². The molecule has 29 heavy (non-hydrogen) atoms. The minimum atomic E-state index is -0.696. The topological polar surface area (TPSA) is 118 Å². The van der Waals surface area contributed by atoms with Crippen LogP contribution >= 0.6 is 0 Å². The van der Waals surface area contributed by atoms with Crippen LogP contribution in [-0.4, -0.2) is 15.4 Å². The van der Waals surface area contributed by atoms with Crippen molar-refractivity contribution in [2.24, 2.45) is 0 Å². The lowest BCUT2D eigenvalue weighted by atomic mass is 10.1. The Morgan fingerprint density at radius 3 is 2.59 bits per heavy atom. The molecule has 0 aliphatic heterocycles. The molecule has 0 saturated carbocycles. The van der Waals surface area contributed by atoms with E-state index in [4.69, 9.17) is 0 Å². The highest BCUT2D eigenvalue weighted by Crippen LogP contribution is 2.21. The minimum Gasteiger partial charge on any atom is -0.321 e. The van der Waals surface area contributed by atoms with Crippen molar-refractivity contribution in [1.82, 2.24) is 4.57 Å². The largest absolute Gasteiger partial charge is 0.321 e. The second-order valence-electron chi connectivity index (χ2n) is 6.39. The molecule has 0 radical (unpaired) electrons. The third kappa shape index (κ3) is 4.36. The first kappa shape index (κ1) is 19.5. The van der Waals surface area contributed by atoms with Gasteiger partial charge in [0, 0.05) is 18.3 Å². The van der Waals surface area contributed by atoms with E-state index in [0.29, 0.717) is 6.54 Å². The average molecular weight is 388 g/mol. The van der Waals surface area contributed by atoms with Crippen molar-refractivity contribution in [2.75, 3.05) is 5.32 Å². The predicted octanol–water partition coefficient (Wildman–Crippen LogP) is 3.24. The molecule has 3 rings (SSSR count). The second-order valence-corrected chi connectivity index (χ2v) is 6.39. The van der Waals surface area contributed by atoms with Gasteiger partial charge in [0.15, 0.2) is 0 Å². The Bertz CT molecular complexity index is 1190. The summed E-state index contributed by atoms with van der Waals surface area (Å²) in [5, 5.41) is 22.5. The normalized spacial score (nSPS) is 10.2. The van der Waals surface area contributed by atoms with E-state index in [-0.39, 0.29) is 22.5 Å². The molecule has 8 heteroatoms. The number of nitrogens with one attached hydrogen (secondary N) is 1. The molecule has 1 N–H and O–H groups in total. The van der Waals surface area contributed by atoms with Gasteiger partial charge in [-0.15, -0.1) is 0 Å². The fourth-order valence-electron chi connectivity index (χ4n) is 2.76. The number of anilines is 1. The van der Waals surface area contributed by atoms with Gasteiger partial charge in [0.1, 0.15) is 11.6 Å². The number of amides is 1. The lowest BCUT2D eigenvalue weighted by Gasteiger charge is -2.10. The van der Waals surface area contributed by atoms with Crippen LogP contribution < -0.4 is 10.9 Å². The molecule has 3 aromatic rings. The molecule has 0 bridgehead atoms. The van der Waals surface area contributed by atoms with E-state index in [1.54, 1.807) is 12.3 Å². The molecule has 0 aliphatic rings. The van der Waals surface area contributed by atoms with Gasteiger partial charge >= 0.3 is 0 Å². The van der Waals surface area contributed by atoms with Crippen LogP contribution in [0.4, 0.5) is 11.4 Å². The van der Waals surface area contributed by atoms with Gasteiger partial charge in [0.05, 0.1) is 22.7 Å². The highest BCUT2D eigenvalue weighted by molar-refractivity contribution is 6.04. The van der Waals surface area contributed by atoms with Crippen LogP contribution in [0.25, 0.3) is 0 Å². The molecule has 0 saturated heterocycles. The summed E-state index contributed by atoms with van der Waals surface area (Å²) in [6, 6.07) is 16.0. The maximum absolute atomic E-state index is 12.7. The smallest absolute Gasteiger partial charge is 0.270 e. The lowest BCUT2D eigenvalue weighted by Crippen LogP contribution is -2.29. The van der Waals surface area contributed by atoms with Gasteiger partial charge in [-0.05, 0) is 30.7 Å². The fraction of sp³-hybridized carbons (Fsp3) is 0.0952. The number of rotatable bonds is 5. The summed E-state index contributed by atoms with van der Waals surface area (Å²) in [6.45, 7) is 2.27. The number of benzene rings is 2. The minimum absolute atomic E-state index is 0.0662. The Morgan fingerprint density at radius 1 is 1.21 bits per heavy atom. The van der Waals surface area contributed by atoms with Gasteiger partial charge in [0.25, 0.3) is 17.2 Å². The molecule has 8 nitrogen and oxygen atoms in total. The Hall–Kier alpha value is -4.25. The zero-order chi connectivity index (χ0) is 21.0. The van der Waals surface area contributed by atoms with E-state index in [1.165, 1.54) is 22.8 Å². The Labute approximate surface area is 165 Å². The zero-order valence-electron chi connectivity index (χ0n) is 15.5. The van der Waals surface area contributed by atoms with Crippen LogP contribution in [0.15, 0.2) is 65.6 Å². The van der Waals surface area contributed by atoms with Gasteiger partial charge in [-0.3, -0.25) is 19.7 Å². The van der Waals surface area contributed by atoms with Crippen molar-refractivity contribution in [3.63, 3.8) is 0 Å². The number of aryl methyl sites for hydroxylation is 1. The monoisotopic (exact) mass is 388 g/mol. The molecule has 1 aromatic heterocycles. The van der Waals surface area contributed by atoms with Gasteiger partial charge in [0.2, 0.25) is 0 Å². The fourth-order valence-corrected chi connectivity index (χ4v) is 2.76. The van der Waals surface area contributed by atoms with E-state index in [2.05, 4.69) is 5.32 Å². The number of pyridine rings is 1. The molecule has 2 aromatic carbocycles. The first-order valence-corrected chi connectivity index (χ1v) is 8.64.